The second-order valence-corrected chi connectivity index (χ2v) is 4.76. The molecule has 1 aromatic heterocycles. The van der Waals surface area contributed by atoms with Crippen LogP contribution in [0.2, 0.25) is 0 Å². The molecule has 88 valence electrons. The Morgan fingerprint density at radius 1 is 1.41 bits per heavy atom. The highest BCUT2D eigenvalue weighted by molar-refractivity contribution is 5.86. The Hall–Kier alpha value is -1.64. The summed E-state index contributed by atoms with van der Waals surface area (Å²) in [5, 5.41) is 0.907. The van der Waals surface area contributed by atoms with Crippen LogP contribution in [0.3, 0.4) is 0 Å². The Labute approximate surface area is 98.8 Å². The predicted octanol–water partition coefficient (Wildman–Crippen LogP) is 3.22. The average Bonchev–Trinajstić information content (AvgIpc) is 2.88. The number of Topliss-reactive ketones (excluding diaryl/α,β-unsaturated/α-hetero) is 1. The van der Waals surface area contributed by atoms with Crippen molar-refractivity contribution in [2.75, 3.05) is 0 Å². The van der Waals surface area contributed by atoms with Gasteiger partial charge >= 0.3 is 0 Å². The topological polar surface area (TPSA) is 32.9 Å². The van der Waals surface area contributed by atoms with Crippen LogP contribution in [0, 0.1) is 11.7 Å². The highest BCUT2D eigenvalue weighted by atomic mass is 19.1. The van der Waals surface area contributed by atoms with Gasteiger partial charge < -0.3 is 4.98 Å². The molecule has 1 aliphatic carbocycles. The van der Waals surface area contributed by atoms with E-state index in [0.717, 1.165) is 35.7 Å². The number of halogens is 1. The molecule has 1 unspecified atom stereocenters. The van der Waals surface area contributed by atoms with Gasteiger partial charge in [0.2, 0.25) is 0 Å². The number of aromatic nitrogens is 1. The van der Waals surface area contributed by atoms with Crippen LogP contribution < -0.4 is 0 Å². The van der Waals surface area contributed by atoms with Gasteiger partial charge in [-0.15, -0.1) is 0 Å². The summed E-state index contributed by atoms with van der Waals surface area (Å²) in [4.78, 5) is 14.7. The van der Waals surface area contributed by atoms with Crippen LogP contribution in [0.15, 0.2) is 24.4 Å². The van der Waals surface area contributed by atoms with Gasteiger partial charge in [0.1, 0.15) is 11.6 Å². The summed E-state index contributed by atoms with van der Waals surface area (Å²) in [6, 6.07) is 4.73. The average molecular weight is 231 g/mol. The quantitative estimate of drug-likeness (QED) is 0.845. The van der Waals surface area contributed by atoms with Crippen molar-refractivity contribution >= 4 is 16.7 Å². The van der Waals surface area contributed by atoms with Gasteiger partial charge in [-0.2, -0.15) is 0 Å². The SMILES string of the molecule is O=C1CCCC1Cc1c[nH]c2ccc(F)cc12. The third kappa shape index (κ3) is 1.86. The number of H-pyrrole nitrogens is 1. The van der Waals surface area contributed by atoms with E-state index in [2.05, 4.69) is 4.98 Å². The van der Waals surface area contributed by atoms with Crippen LogP contribution in [0.25, 0.3) is 10.9 Å². The zero-order valence-corrected chi connectivity index (χ0v) is 9.50. The molecule has 2 aromatic rings. The van der Waals surface area contributed by atoms with Crippen LogP contribution in [0.4, 0.5) is 4.39 Å². The Balaban J connectivity index is 1.94. The Morgan fingerprint density at radius 2 is 2.29 bits per heavy atom. The molecule has 1 N–H and O–H groups in total. The van der Waals surface area contributed by atoms with Gasteiger partial charge in [-0.25, -0.2) is 4.39 Å². The zero-order chi connectivity index (χ0) is 11.8. The molecule has 1 saturated carbocycles. The number of carbonyl (C=O) groups excluding carboxylic acids is 1. The van der Waals surface area contributed by atoms with Gasteiger partial charge in [0.25, 0.3) is 0 Å². The molecule has 0 radical (unpaired) electrons. The van der Waals surface area contributed by atoms with Gasteiger partial charge in [-0.05, 0) is 43.0 Å². The fourth-order valence-corrected chi connectivity index (χ4v) is 2.69. The minimum absolute atomic E-state index is 0.136. The van der Waals surface area contributed by atoms with Crippen molar-refractivity contribution in [3.63, 3.8) is 0 Å². The fraction of sp³-hybridized carbons (Fsp3) is 0.357. The molecule has 3 rings (SSSR count). The van der Waals surface area contributed by atoms with E-state index in [1.54, 1.807) is 12.1 Å². The molecule has 1 aromatic carbocycles. The van der Waals surface area contributed by atoms with Gasteiger partial charge in [0.05, 0.1) is 0 Å². The normalized spacial score (nSPS) is 20.3. The third-order valence-corrected chi connectivity index (χ3v) is 3.63. The number of benzene rings is 1. The summed E-state index contributed by atoms with van der Waals surface area (Å²) < 4.78 is 13.2. The van der Waals surface area contributed by atoms with E-state index in [0.29, 0.717) is 12.2 Å². The maximum absolute atomic E-state index is 13.2. The van der Waals surface area contributed by atoms with Crippen molar-refractivity contribution in [1.82, 2.24) is 4.98 Å². The largest absolute Gasteiger partial charge is 0.361 e. The lowest BCUT2D eigenvalue weighted by atomic mass is 9.97. The summed E-state index contributed by atoms with van der Waals surface area (Å²) in [5.74, 6) is 0.268. The molecule has 0 spiro atoms. The Bertz CT molecular complexity index is 573. The molecule has 2 nitrogen and oxygen atoms in total. The van der Waals surface area contributed by atoms with Gasteiger partial charge in [-0.3, -0.25) is 4.79 Å². The molecule has 3 heteroatoms. The van der Waals surface area contributed by atoms with Crippen LogP contribution in [0.5, 0.6) is 0 Å². The molecule has 1 aliphatic rings. The molecule has 17 heavy (non-hydrogen) atoms. The van der Waals surface area contributed by atoms with E-state index in [1.807, 2.05) is 6.20 Å². The van der Waals surface area contributed by atoms with E-state index in [-0.39, 0.29) is 11.7 Å². The third-order valence-electron chi connectivity index (χ3n) is 3.63. The fourth-order valence-electron chi connectivity index (χ4n) is 2.69. The summed E-state index contributed by atoms with van der Waals surface area (Å²) in [5.41, 5.74) is 1.99. The number of ketones is 1. The monoisotopic (exact) mass is 231 g/mol. The smallest absolute Gasteiger partial charge is 0.136 e. The van der Waals surface area contributed by atoms with Crippen LogP contribution in [-0.2, 0) is 11.2 Å². The maximum atomic E-state index is 13.2. The summed E-state index contributed by atoms with van der Waals surface area (Å²) in [6.45, 7) is 0. The Kier molecular flexibility index (Phi) is 2.46. The van der Waals surface area contributed by atoms with Gasteiger partial charge in [0.15, 0.2) is 0 Å². The first kappa shape index (κ1) is 10.5. The lowest BCUT2D eigenvalue weighted by Gasteiger charge is -2.06. The zero-order valence-electron chi connectivity index (χ0n) is 9.50. The molecule has 1 heterocycles. The van der Waals surface area contributed by atoms with Crippen molar-refractivity contribution in [2.45, 2.75) is 25.7 Å². The molecular weight excluding hydrogens is 217 g/mol. The van der Waals surface area contributed by atoms with Crippen LogP contribution >= 0.6 is 0 Å². The molecular formula is C14H14FNO. The van der Waals surface area contributed by atoms with Crippen molar-refractivity contribution in [1.29, 1.82) is 0 Å². The molecule has 0 amide bonds. The van der Waals surface area contributed by atoms with Crippen LogP contribution in [0.1, 0.15) is 24.8 Å². The number of aromatic amines is 1. The van der Waals surface area contributed by atoms with Gasteiger partial charge in [-0.1, -0.05) is 0 Å². The maximum Gasteiger partial charge on any atom is 0.136 e. The highest BCUT2D eigenvalue weighted by Crippen LogP contribution is 2.28. The molecule has 0 aliphatic heterocycles. The number of rotatable bonds is 2. The van der Waals surface area contributed by atoms with Crippen molar-refractivity contribution in [3.05, 3.63) is 35.8 Å². The van der Waals surface area contributed by atoms with E-state index >= 15 is 0 Å². The van der Waals surface area contributed by atoms with E-state index in [1.165, 1.54) is 6.07 Å². The lowest BCUT2D eigenvalue weighted by Crippen LogP contribution is -2.09. The number of carbonyl (C=O) groups is 1. The Morgan fingerprint density at radius 3 is 3.06 bits per heavy atom. The second kappa shape index (κ2) is 3.99. The van der Waals surface area contributed by atoms with Crippen molar-refractivity contribution in [3.8, 4) is 0 Å². The number of hydrogen-bond donors (Lipinski definition) is 1. The number of fused-ring (bicyclic) bond motifs is 1. The van der Waals surface area contributed by atoms with Crippen LogP contribution in [-0.4, -0.2) is 10.8 Å². The van der Waals surface area contributed by atoms with Crippen molar-refractivity contribution < 1.29 is 9.18 Å². The lowest BCUT2D eigenvalue weighted by molar-refractivity contribution is -0.120. The van der Waals surface area contributed by atoms with E-state index in [4.69, 9.17) is 0 Å². The first-order chi connectivity index (χ1) is 8.24. The molecule has 1 atom stereocenters. The number of hydrogen-bond acceptors (Lipinski definition) is 1. The minimum Gasteiger partial charge on any atom is -0.361 e. The summed E-state index contributed by atoms with van der Waals surface area (Å²) in [6.07, 6.45) is 5.32. The summed E-state index contributed by atoms with van der Waals surface area (Å²) in [7, 11) is 0. The van der Waals surface area contributed by atoms with Gasteiger partial charge in [0, 0.05) is 29.4 Å². The molecule has 1 fully saturated rings. The second-order valence-electron chi connectivity index (χ2n) is 4.76. The van der Waals surface area contributed by atoms with Crippen molar-refractivity contribution in [2.24, 2.45) is 5.92 Å². The first-order valence-corrected chi connectivity index (χ1v) is 6.02. The molecule has 0 saturated heterocycles. The minimum atomic E-state index is -0.226. The van der Waals surface area contributed by atoms with E-state index in [9.17, 15) is 9.18 Å². The van der Waals surface area contributed by atoms with E-state index < -0.39 is 0 Å². The highest BCUT2D eigenvalue weighted by Gasteiger charge is 2.25. The predicted molar refractivity (Wildman–Crippen MR) is 64.3 cm³/mol. The summed E-state index contributed by atoms with van der Waals surface area (Å²) >= 11 is 0. The number of nitrogens with one attached hydrogen (secondary N) is 1. The molecule has 0 bridgehead atoms. The standard InChI is InChI=1S/C14H14FNO/c15-11-4-5-13-12(7-11)10(8-16-13)6-9-2-1-3-14(9)17/h4-5,7-9,16H,1-3,6H2. The first-order valence-electron chi connectivity index (χ1n) is 6.02.